The summed E-state index contributed by atoms with van der Waals surface area (Å²) in [7, 11) is 0. The molecule has 0 radical (unpaired) electrons. The molecule has 25 heavy (non-hydrogen) atoms. The molecule has 2 aromatic carbocycles. The minimum absolute atomic E-state index is 0.124. The second-order valence-corrected chi connectivity index (χ2v) is 7.43. The lowest BCUT2D eigenvalue weighted by Gasteiger charge is -2.37. The van der Waals surface area contributed by atoms with Crippen LogP contribution >= 0.6 is 23.2 Å². The Labute approximate surface area is 157 Å². The van der Waals surface area contributed by atoms with Gasteiger partial charge in [0.1, 0.15) is 17.1 Å². The predicted octanol–water partition coefficient (Wildman–Crippen LogP) is 4.79. The van der Waals surface area contributed by atoms with Gasteiger partial charge in [0.25, 0.3) is 5.91 Å². The fraction of sp³-hybridized carbons (Fsp3) is 0.316. The van der Waals surface area contributed by atoms with Gasteiger partial charge in [-0.1, -0.05) is 41.4 Å². The van der Waals surface area contributed by atoms with E-state index in [2.05, 4.69) is 5.32 Å². The lowest BCUT2D eigenvalue weighted by Crippen LogP contribution is -2.42. The Morgan fingerprint density at radius 3 is 2.80 bits per heavy atom. The zero-order valence-corrected chi connectivity index (χ0v) is 15.5. The van der Waals surface area contributed by atoms with E-state index < -0.39 is 0 Å². The van der Waals surface area contributed by atoms with Crippen molar-refractivity contribution in [3.63, 3.8) is 0 Å². The molecule has 1 atom stereocenters. The number of fused-ring (bicyclic) bond motifs is 1. The second-order valence-electron chi connectivity index (χ2n) is 6.59. The molecule has 3 rings (SSSR count). The Morgan fingerprint density at radius 2 is 2.04 bits per heavy atom. The summed E-state index contributed by atoms with van der Waals surface area (Å²) in [5.41, 5.74) is 0.617. The van der Waals surface area contributed by atoms with E-state index in [9.17, 15) is 4.79 Å². The molecule has 1 N–H and O–H groups in total. The highest BCUT2D eigenvalue weighted by molar-refractivity contribution is 6.35. The van der Waals surface area contributed by atoms with Gasteiger partial charge in [0.2, 0.25) is 0 Å². The molecule has 1 amide bonds. The molecule has 0 bridgehead atoms. The summed E-state index contributed by atoms with van der Waals surface area (Å²) in [5, 5.41) is 3.91. The number of carbonyl (C=O) groups excluding carboxylic acids is 1. The predicted molar refractivity (Wildman–Crippen MR) is 98.6 cm³/mol. The summed E-state index contributed by atoms with van der Waals surface area (Å²) in [4.78, 5) is 12.3. The minimum atomic E-state index is -0.355. The first kappa shape index (κ1) is 17.9. The lowest BCUT2D eigenvalue weighted by atomic mass is 9.90. The van der Waals surface area contributed by atoms with Crippen LogP contribution in [0, 0.1) is 0 Å². The van der Waals surface area contributed by atoms with E-state index in [1.54, 1.807) is 18.2 Å². The van der Waals surface area contributed by atoms with E-state index in [1.807, 2.05) is 38.1 Å². The van der Waals surface area contributed by atoms with Gasteiger partial charge in [-0.3, -0.25) is 4.79 Å². The number of benzene rings is 2. The number of hydrogen-bond donors (Lipinski definition) is 1. The van der Waals surface area contributed by atoms with Crippen molar-refractivity contribution >= 4 is 29.1 Å². The van der Waals surface area contributed by atoms with Crippen molar-refractivity contribution in [2.45, 2.75) is 31.9 Å². The number of nitrogens with one attached hydrogen (secondary N) is 1. The third-order valence-corrected chi connectivity index (χ3v) is 4.49. The van der Waals surface area contributed by atoms with Crippen LogP contribution in [0.3, 0.4) is 0 Å². The fourth-order valence-electron chi connectivity index (χ4n) is 2.90. The van der Waals surface area contributed by atoms with Crippen molar-refractivity contribution in [1.82, 2.24) is 5.32 Å². The number of rotatable bonds is 4. The largest absolute Gasteiger partial charge is 0.487 e. The molecular formula is C19H19Cl2NO3. The van der Waals surface area contributed by atoms with E-state index >= 15 is 0 Å². The number of ether oxygens (including phenoxy) is 2. The van der Waals surface area contributed by atoms with Crippen molar-refractivity contribution in [2.24, 2.45) is 0 Å². The van der Waals surface area contributed by atoms with Gasteiger partial charge in [-0.25, -0.2) is 0 Å². The van der Waals surface area contributed by atoms with Gasteiger partial charge in [0.15, 0.2) is 6.61 Å². The van der Waals surface area contributed by atoms with Crippen LogP contribution in [0.15, 0.2) is 42.5 Å². The lowest BCUT2D eigenvalue weighted by molar-refractivity contribution is -0.124. The molecule has 6 heteroatoms. The maximum atomic E-state index is 12.3. The Balaban J connectivity index is 1.66. The highest BCUT2D eigenvalue weighted by Crippen LogP contribution is 2.39. The number of halogens is 2. The van der Waals surface area contributed by atoms with Crippen molar-refractivity contribution in [3.05, 3.63) is 58.1 Å². The van der Waals surface area contributed by atoms with Gasteiger partial charge in [-0.05, 0) is 38.1 Å². The number of carbonyl (C=O) groups is 1. The molecular weight excluding hydrogens is 361 g/mol. The van der Waals surface area contributed by atoms with E-state index in [4.69, 9.17) is 32.7 Å². The monoisotopic (exact) mass is 379 g/mol. The number of para-hydroxylation sites is 1. The van der Waals surface area contributed by atoms with Crippen molar-refractivity contribution in [2.75, 3.05) is 6.61 Å². The molecule has 0 unspecified atom stereocenters. The molecule has 0 aromatic heterocycles. The first-order valence-corrected chi connectivity index (χ1v) is 8.75. The van der Waals surface area contributed by atoms with Crippen LogP contribution < -0.4 is 14.8 Å². The van der Waals surface area contributed by atoms with Gasteiger partial charge in [0.05, 0.1) is 11.1 Å². The quantitative estimate of drug-likeness (QED) is 0.830. The van der Waals surface area contributed by atoms with Crippen molar-refractivity contribution < 1.29 is 14.3 Å². The standard InChI is InChI=1S/C19H19Cl2NO3/c1-19(2)10-15(13-5-3-4-6-16(13)25-19)22-18(23)11-24-17-8-7-12(20)9-14(17)21/h3-9,15H,10-11H2,1-2H3,(H,22,23)/t15-/m1/s1. The first-order chi connectivity index (χ1) is 11.8. The highest BCUT2D eigenvalue weighted by atomic mass is 35.5. The van der Waals surface area contributed by atoms with Gasteiger partial charge in [0, 0.05) is 17.0 Å². The third-order valence-electron chi connectivity index (χ3n) is 3.96. The third kappa shape index (κ3) is 4.39. The normalized spacial score (nSPS) is 18.0. The summed E-state index contributed by atoms with van der Waals surface area (Å²) in [5.74, 6) is 1.00. The van der Waals surface area contributed by atoms with Crippen molar-refractivity contribution in [3.8, 4) is 11.5 Å². The Morgan fingerprint density at radius 1 is 1.28 bits per heavy atom. The Hall–Kier alpha value is -1.91. The van der Waals surface area contributed by atoms with Crippen LogP contribution in [-0.4, -0.2) is 18.1 Å². The average molecular weight is 380 g/mol. The van der Waals surface area contributed by atoms with Gasteiger partial charge in [-0.2, -0.15) is 0 Å². The minimum Gasteiger partial charge on any atom is -0.487 e. The highest BCUT2D eigenvalue weighted by Gasteiger charge is 2.34. The molecule has 0 saturated heterocycles. The zero-order chi connectivity index (χ0) is 18.0. The summed E-state index contributed by atoms with van der Waals surface area (Å²) in [6.07, 6.45) is 0.678. The molecule has 4 nitrogen and oxygen atoms in total. The zero-order valence-electron chi connectivity index (χ0n) is 14.0. The molecule has 1 aliphatic heterocycles. The number of amides is 1. The molecule has 132 valence electrons. The summed E-state index contributed by atoms with van der Waals surface area (Å²) >= 11 is 11.9. The molecule has 0 aliphatic carbocycles. The molecule has 2 aromatic rings. The van der Waals surface area contributed by atoms with E-state index in [1.165, 1.54) is 0 Å². The summed E-state index contributed by atoms with van der Waals surface area (Å²) in [6.45, 7) is 3.89. The SMILES string of the molecule is CC1(C)C[C@@H](NC(=O)COc2ccc(Cl)cc2Cl)c2ccccc2O1. The van der Waals surface area contributed by atoms with Gasteiger partial charge in [-0.15, -0.1) is 0 Å². The van der Waals surface area contributed by atoms with E-state index in [-0.39, 0.29) is 24.2 Å². The smallest absolute Gasteiger partial charge is 0.258 e. The Kier molecular flexibility index (Phi) is 5.11. The van der Waals surface area contributed by atoms with Crippen LogP contribution in [0.2, 0.25) is 10.0 Å². The fourth-order valence-corrected chi connectivity index (χ4v) is 3.37. The van der Waals surface area contributed by atoms with Crippen LogP contribution in [-0.2, 0) is 4.79 Å². The molecule has 0 fully saturated rings. The van der Waals surface area contributed by atoms with Crippen LogP contribution in [0.1, 0.15) is 31.9 Å². The topological polar surface area (TPSA) is 47.6 Å². The second kappa shape index (κ2) is 7.14. The van der Waals surface area contributed by atoms with E-state index in [0.29, 0.717) is 22.2 Å². The maximum absolute atomic E-state index is 12.3. The van der Waals surface area contributed by atoms with E-state index in [0.717, 1.165) is 11.3 Å². The van der Waals surface area contributed by atoms with Crippen molar-refractivity contribution in [1.29, 1.82) is 0 Å². The molecule has 1 aliphatic rings. The first-order valence-electron chi connectivity index (χ1n) is 7.99. The maximum Gasteiger partial charge on any atom is 0.258 e. The molecule has 1 heterocycles. The average Bonchev–Trinajstić information content (AvgIpc) is 2.53. The molecule has 0 spiro atoms. The summed E-state index contributed by atoms with van der Waals surface area (Å²) < 4.78 is 11.5. The summed E-state index contributed by atoms with van der Waals surface area (Å²) in [6, 6.07) is 12.5. The van der Waals surface area contributed by atoms with Crippen LogP contribution in [0.4, 0.5) is 0 Å². The van der Waals surface area contributed by atoms with Crippen LogP contribution in [0.25, 0.3) is 0 Å². The van der Waals surface area contributed by atoms with Gasteiger partial charge < -0.3 is 14.8 Å². The molecule has 0 saturated carbocycles. The van der Waals surface area contributed by atoms with Crippen LogP contribution in [0.5, 0.6) is 11.5 Å². The van der Waals surface area contributed by atoms with Gasteiger partial charge >= 0.3 is 0 Å². The number of hydrogen-bond acceptors (Lipinski definition) is 3. The Bertz CT molecular complexity index is 792.